The molecule has 1 nitrogen and oxygen atoms in total. The van der Waals surface area contributed by atoms with Crippen molar-refractivity contribution in [3.8, 4) is 0 Å². The zero-order chi connectivity index (χ0) is 14.1. The SMILES string of the molecule is CC.Cc1ccc(CSc2ccc(CO)cc2)cc1. The van der Waals surface area contributed by atoms with Crippen molar-refractivity contribution < 1.29 is 5.11 Å². The van der Waals surface area contributed by atoms with Gasteiger partial charge in [-0.2, -0.15) is 0 Å². The lowest BCUT2D eigenvalue weighted by molar-refractivity contribution is 0.282. The average Bonchev–Trinajstić information content (AvgIpc) is 2.49. The van der Waals surface area contributed by atoms with Crippen molar-refractivity contribution in [1.82, 2.24) is 0 Å². The second kappa shape index (κ2) is 8.78. The molecular formula is C17H22OS. The number of hydrogen-bond acceptors (Lipinski definition) is 2. The van der Waals surface area contributed by atoms with E-state index < -0.39 is 0 Å². The number of aliphatic hydroxyl groups excluding tert-OH is 1. The smallest absolute Gasteiger partial charge is 0.0681 e. The van der Waals surface area contributed by atoms with Gasteiger partial charge in [-0.1, -0.05) is 55.8 Å². The lowest BCUT2D eigenvalue weighted by Crippen LogP contribution is -1.83. The molecule has 2 heteroatoms. The van der Waals surface area contributed by atoms with Crippen LogP contribution in [0.15, 0.2) is 53.4 Å². The van der Waals surface area contributed by atoms with E-state index >= 15 is 0 Å². The molecule has 0 aromatic heterocycles. The van der Waals surface area contributed by atoms with Gasteiger partial charge in [-0.05, 0) is 30.2 Å². The van der Waals surface area contributed by atoms with Crippen LogP contribution in [0.4, 0.5) is 0 Å². The van der Waals surface area contributed by atoms with Crippen LogP contribution >= 0.6 is 11.8 Å². The highest BCUT2D eigenvalue weighted by molar-refractivity contribution is 7.98. The Morgan fingerprint density at radius 2 is 1.37 bits per heavy atom. The van der Waals surface area contributed by atoms with Gasteiger partial charge in [-0.25, -0.2) is 0 Å². The Kier molecular flexibility index (Phi) is 7.31. The first-order valence-corrected chi connectivity index (χ1v) is 7.64. The third-order valence-corrected chi connectivity index (χ3v) is 3.72. The summed E-state index contributed by atoms with van der Waals surface area (Å²) in [4.78, 5) is 1.24. The monoisotopic (exact) mass is 274 g/mol. The molecule has 0 radical (unpaired) electrons. The van der Waals surface area contributed by atoms with Gasteiger partial charge >= 0.3 is 0 Å². The molecule has 0 aliphatic heterocycles. The van der Waals surface area contributed by atoms with Crippen LogP contribution in [-0.2, 0) is 12.4 Å². The molecule has 0 bridgehead atoms. The van der Waals surface area contributed by atoms with E-state index in [2.05, 4.69) is 43.3 Å². The molecule has 1 N–H and O–H groups in total. The van der Waals surface area contributed by atoms with Gasteiger partial charge in [-0.15, -0.1) is 11.8 Å². The molecule has 0 atom stereocenters. The molecule has 2 aromatic carbocycles. The number of hydrogen-bond donors (Lipinski definition) is 1. The highest BCUT2D eigenvalue weighted by atomic mass is 32.2. The molecule has 0 unspecified atom stereocenters. The number of thioether (sulfide) groups is 1. The molecule has 102 valence electrons. The topological polar surface area (TPSA) is 20.2 Å². The third-order valence-electron chi connectivity index (χ3n) is 2.63. The van der Waals surface area contributed by atoms with Crippen LogP contribution in [0.1, 0.15) is 30.5 Å². The Morgan fingerprint density at radius 1 is 0.842 bits per heavy atom. The van der Waals surface area contributed by atoms with Gasteiger partial charge < -0.3 is 5.11 Å². The van der Waals surface area contributed by atoms with Crippen LogP contribution in [0.5, 0.6) is 0 Å². The third kappa shape index (κ3) is 5.50. The van der Waals surface area contributed by atoms with E-state index in [-0.39, 0.29) is 6.61 Å². The van der Waals surface area contributed by atoms with Gasteiger partial charge in [0.2, 0.25) is 0 Å². The van der Waals surface area contributed by atoms with E-state index in [4.69, 9.17) is 5.11 Å². The second-order valence-corrected chi connectivity index (χ2v) is 5.13. The van der Waals surface area contributed by atoms with Crippen LogP contribution in [0.2, 0.25) is 0 Å². The summed E-state index contributed by atoms with van der Waals surface area (Å²) >= 11 is 1.82. The maximum atomic E-state index is 8.96. The zero-order valence-corrected chi connectivity index (χ0v) is 12.7. The summed E-state index contributed by atoms with van der Waals surface area (Å²) < 4.78 is 0. The number of aryl methyl sites for hydroxylation is 1. The maximum Gasteiger partial charge on any atom is 0.0681 e. The summed E-state index contributed by atoms with van der Waals surface area (Å²) in [5.41, 5.74) is 3.60. The van der Waals surface area contributed by atoms with Gasteiger partial charge in [0, 0.05) is 10.6 Å². The molecular weight excluding hydrogens is 252 g/mol. The van der Waals surface area contributed by atoms with Crippen LogP contribution in [0.25, 0.3) is 0 Å². The molecule has 2 aromatic rings. The maximum absolute atomic E-state index is 8.96. The summed E-state index contributed by atoms with van der Waals surface area (Å²) in [6.07, 6.45) is 0. The Bertz CT molecular complexity index is 460. The van der Waals surface area contributed by atoms with E-state index in [0.717, 1.165) is 11.3 Å². The predicted molar refractivity (Wildman–Crippen MR) is 84.5 cm³/mol. The van der Waals surface area contributed by atoms with Gasteiger partial charge in [0.1, 0.15) is 0 Å². The number of aliphatic hydroxyl groups is 1. The number of benzene rings is 2. The summed E-state index contributed by atoms with van der Waals surface area (Å²) in [6, 6.07) is 16.7. The Labute approximate surface area is 120 Å². The van der Waals surface area contributed by atoms with Crippen LogP contribution < -0.4 is 0 Å². The molecule has 2 rings (SSSR count). The largest absolute Gasteiger partial charge is 0.392 e. The Morgan fingerprint density at radius 3 is 1.89 bits per heavy atom. The van der Waals surface area contributed by atoms with Crippen LogP contribution in [0.3, 0.4) is 0 Å². The molecule has 0 fully saturated rings. The average molecular weight is 274 g/mol. The fourth-order valence-corrected chi connectivity index (χ4v) is 2.40. The van der Waals surface area contributed by atoms with Crippen molar-refractivity contribution in [2.45, 2.75) is 38.0 Å². The summed E-state index contributed by atoms with van der Waals surface area (Å²) in [5.74, 6) is 0.985. The normalized spacial score (nSPS) is 9.68. The second-order valence-electron chi connectivity index (χ2n) is 4.08. The Hall–Kier alpha value is -1.25. The molecule has 0 amide bonds. The van der Waals surface area contributed by atoms with E-state index in [1.165, 1.54) is 16.0 Å². The van der Waals surface area contributed by atoms with Crippen molar-refractivity contribution in [1.29, 1.82) is 0 Å². The van der Waals surface area contributed by atoms with E-state index in [9.17, 15) is 0 Å². The molecule has 0 heterocycles. The van der Waals surface area contributed by atoms with Gasteiger partial charge in [-0.3, -0.25) is 0 Å². The molecule has 0 saturated carbocycles. The number of rotatable bonds is 4. The van der Waals surface area contributed by atoms with Gasteiger partial charge in [0.15, 0.2) is 0 Å². The lowest BCUT2D eigenvalue weighted by Gasteiger charge is -2.03. The quantitative estimate of drug-likeness (QED) is 0.808. The minimum absolute atomic E-state index is 0.114. The lowest BCUT2D eigenvalue weighted by atomic mass is 10.2. The van der Waals surface area contributed by atoms with Crippen molar-refractivity contribution in [3.05, 3.63) is 65.2 Å². The Balaban J connectivity index is 0.000000861. The minimum Gasteiger partial charge on any atom is -0.392 e. The van der Waals surface area contributed by atoms with E-state index in [0.29, 0.717) is 0 Å². The zero-order valence-electron chi connectivity index (χ0n) is 11.9. The molecule has 0 aliphatic carbocycles. The summed E-state index contributed by atoms with van der Waals surface area (Å²) in [5, 5.41) is 8.96. The van der Waals surface area contributed by atoms with Crippen molar-refractivity contribution in [2.24, 2.45) is 0 Å². The molecule has 0 spiro atoms. The standard InChI is InChI=1S/C15H16OS.C2H6/c1-12-2-4-14(5-3-12)11-17-15-8-6-13(10-16)7-9-15;1-2/h2-9,16H,10-11H2,1H3;1-2H3. The first-order chi connectivity index (χ1) is 9.28. The van der Waals surface area contributed by atoms with Crippen molar-refractivity contribution in [3.63, 3.8) is 0 Å². The van der Waals surface area contributed by atoms with Crippen molar-refractivity contribution >= 4 is 11.8 Å². The van der Waals surface area contributed by atoms with Crippen LogP contribution in [-0.4, -0.2) is 5.11 Å². The molecule has 0 saturated heterocycles. The van der Waals surface area contributed by atoms with E-state index in [1.807, 2.05) is 37.7 Å². The molecule has 0 aliphatic rings. The summed E-state index contributed by atoms with van der Waals surface area (Å²) in [6.45, 7) is 6.22. The minimum atomic E-state index is 0.114. The van der Waals surface area contributed by atoms with Gasteiger partial charge in [0.05, 0.1) is 6.61 Å². The fourth-order valence-electron chi connectivity index (χ4n) is 1.54. The fraction of sp³-hybridized carbons (Fsp3) is 0.294. The first-order valence-electron chi connectivity index (χ1n) is 6.66. The summed E-state index contributed by atoms with van der Waals surface area (Å²) in [7, 11) is 0. The molecule has 19 heavy (non-hydrogen) atoms. The highest BCUT2D eigenvalue weighted by Gasteiger charge is 1.97. The first kappa shape index (κ1) is 15.8. The van der Waals surface area contributed by atoms with Crippen LogP contribution in [0, 0.1) is 6.92 Å². The predicted octanol–water partition coefficient (Wildman–Crippen LogP) is 4.81. The van der Waals surface area contributed by atoms with Gasteiger partial charge in [0.25, 0.3) is 0 Å². The highest BCUT2D eigenvalue weighted by Crippen LogP contribution is 2.23. The van der Waals surface area contributed by atoms with E-state index in [1.54, 1.807) is 0 Å². The van der Waals surface area contributed by atoms with Crippen molar-refractivity contribution in [2.75, 3.05) is 0 Å².